The van der Waals surface area contributed by atoms with Crippen LogP contribution in [-0.4, -0.2) is 32.5 Å². The van der Waals surface area contributed by atoms with Crippen LogP contribution in [0, 0.1) is 6.92 Å². The molecule has 3 N–H and O–H groups in total. The fourth-order valence-corrected chi connectivity index (χ4v) is 4.04. The molecule has 3 aromatic heterocycles. The predicted molar refractivity (Wildman–Crippen MR) is 96.2 cm³/mol. The molecule has 3 aromatic rings. The van der Waals surface area contributed by atoms with Crippen molar-refractivity contribution in [3.8, 4) is 0 Å². The lowest BCUT2D eigenvalue weighted by Crippen LogP contribution is -2.49. The maximum absolute atomic E-state index is 12.8. The van der Waals surface area contributed by atoms with Gasteiger partial charge >= 0.3 is 0 Å². The standard InChI is InChI=1S/C17H17N5O3S/c1-9-7-14(24)22-16(19-9)10(8-18-22)17(25)20-11-4-5-13(23)21-15(11)12-3-2-6-26-12/h2-3,6-8,11,15,18H,4-5H2,1H3,(H,20,25)(H,21,23)/t11-,15-/m1/s1. The minimum absolute atomic E-state index is 0.0233. The molecule has 4 heterocycles. The third kappa shape index (κ3) is 2.90. The Morgan fingerprint density at radius 3 is 3.04 bits per heavy atom. The van der Waals surface area contributed by atoms with E-state index in [1.807, 2.05) is 17.5 Å². The number of nitrogens with zero attached hydrogens (tertiary/aromatic N) is 2. The van der Waals surface area contributed by atoms with Crippen LogP contribution >= 0.6 is 11.3 Å². The van der Waals surface area contributed by atoms with Crippen LogP contribution in [0.4, 0.5) is 0 Å². The highest BCUT2D eigenvalue weighted by atomic mass is 32.1. The predicted octanol–water partition coefficient (Wildman–Crippen LogP) is 1.14. The summed E-state index contributed by atoms with van der Waals surface area (Å²) < 4.78 is 1.24. The Hall–Kier alpha value is -2.94. The van der Waals surface area contributed by atoms with E-state index in [1.165, 1.54) is 28.1 Å². The summed E-state index contributed by atoms with van der Waals surface area (Å²) >= 11 is 1.54. The summed E-state index contributed by atoms with van der Waals surface area (Å²) in [4.78, 5) is 41.9. The monoisotopic (exact) mass is 371 g/mol. The number of rotatable bonds is 3. The molecule has 1 fully saturated rings. The van der Waals surface area contributed by atoms with Crippen molar-refractivity contribution in [3.63, 3.8) is 0 Å². The van der Waals surface area contributed by atoms with Gasteiger partial charge in [0.1, 0.15) is 5.56 Å². The highest BCUT2D eigenvalue weighted by Crippen LogP contribution is 2.28. The molecule has 1 aliphatic heterocycles. The number of carbonyl (C=O) groups excluding carboxylic acids is 2. The summed E-state index contributed by atoms with van der Waals surface area (Å²) in [6.07, 6.45) is 2.38. The maximum atomic E-state index is 12.8. The first kappa shape index (κ1) is 16.5. The molecular weight excluding hydrogens is 354 g/mol. The second-order valence-corrected chi connectivity index (χ2v) is 7.24. The number of hydrogen-bond acceptors (Lipinski definition) is 5. The fraction of sp³-hybridized carbons (Fsp3) is 0.294. The van der Waals surface area contributed by atoms with Crippen LogP contribution < -0.4 is 16.2 Å². The lowest BCUT2D eigenvalue weighted by Gasteiger charge is -2.32. The summed E-state index contributed by atoms with van der Waals surface area (Å²) in [5, 5.41) is 10.6. The van der Waals surface area contributed by atoms with Gasteiger partial charge in [0.2, 0.25) is 5.91 Å². The molecule has 0 saturated carbocycles. The molecule has 0 unspecified atom stereocenters. The molecule has 0 spiro atoms. The molecule has 0 aromatic carbocycles. The van der Waals surface area contributed by atoms with Crippen LogP contribution in [0.25, 0.3) is 5.65 Å². The third-order valence-electron chi connectivity index (χ3n) is 4.44. The lowest BCUT2D eigenvalue weighted by molar-refractivity contribution is -0.123. The molecular formula is C17H17N5O3S. The molecule has 2 atom stereocenters. The van der Waals surface area contributed by atoms with Gasteiger partial charge in [-0.3, -0.25) is 19.5 Å². The summed E-state index contributed by atoms with van der Waals surface area (Å²) in [6, 6.07) is 4.76. The van der Waals surface area contributed by atoms with E-state index in [9.17, 15) is 14.4 Å². The van der Waals surface area contributed by atoms with Crippen molar-refractivity contribution < 1.29 is 9.59 Å². The van der Waals surface area contributed by atoms with E-state index >= 15 is 0 Å². The molecule has 0 bridgehead atoms. The van der Waals surface area contributed by atoms with Gasteiger partial charge in [-0.05, 0) is 24.8 Å². The van der Waals surface area contributed by atoms with Crippen LogP contribution in [0.2, 0.25) is 0 Å². The first-order chi connectivity index (χ1) is 12.5. The maximum Gasteiger partial charge on any atom is 0.272 e. The van der Waals surface area contributed by atoms with Gasteiger partial charge in [-0.25, -0.2) is 9.50 Å². The van der Waals surface area contributed by atoms with E-state index in [0.717, 1.165) is 4.88 Å². The molecule has 1 aliphatic rings. The smallest absolute Gasteiger partial charge is 0.272 e. The van der Waals surface area contributed by atoms with Crippen molar-refractivity contribution in [2.75, 3.05) is 0 Å². The zero-order chi connectivity index (χ0) is 18.3. The second-order valence-electron chi connectivity index (χ2n) is 6.26. The fourth-order valence-electron chi connectivity index (χ4n) is 3.20. The van der Waals surface area contributed by atoms with Crippen molar-refractivity contribution in [2.45, 2.75) is 31.8 Å². The topological polar surface area (TPSA) is 108 Å². The van der Waals surface area contributed by atoms with Gasteiger partial charge in [-0.15, -0.1) is 11.3 Å². The zero-order valence-corrected chi connectivity index (χ0v) is 14.8. The van der Waals surface area contributed by atoms with E-state index < -0.39 is 0 Å². The van der Waals surface area contributed by atoms with Crippen molar-refractivity contribution in [2.24, 2.45) is 0 Å². The van der Waals surface area contributed by atoms with Gasteiger partial charge in [0, 0.05) is 29.3 Å². The number of H-pyrrole nitrogens is 1. The Labute approximate surface area is 152 Å². The Morgan fingerprint density at radius 2 is 2.27 bits per heavy atom. The third-order valence-corrected chi connectivity index (χ3v) is 5.39. The minimum atomic E-state index is -0.330. The molecule has 1 saturated heterocycles. The summed E-state index contributed by atoms with van der Waals surface area (Å²) in [5.74, 6) is -0.353. The number of aromatic nitrogens is 3. The molecule has 134 valence electrons. The van der Waals surface area contributed by atoms with Gasteiger partial charge in [0.05, 0.1) is 12.1 Å². The molecule has 2 amide bonds. The van der Waals surface area contributed by atoms with Crippen LogP contribution in [-0.2, 0) is 4.79 Å². The average molecular weight is 371 g/mol. The van der Waals surface area contributed by atoms with Gasteiger partial charge in [-0.1, -0.05) is 6.07 Å². The quantitative estimate of drug-likeness (QED) is 0.641. The molecule has 8 nitrogen and oxygen atoms in total. The number of aryl methyl sites for hydroxylation is 1. The summed E-state index contributed by atoms with van der Waals surface area (Å²) in [6.45, 7) is 1.71. The van der Waals surface area contributed by atoms with Crippen molar-refractivity contribution in [1.82, 2.24) is 25.2 Å². The Bertz CT molecular complexity index is 1040. The van der Waals surface area contributed by atoms with E-state index in [-0.39, 0.29) is 29.5 Å². The van der Waals surface area contributed by atoms with Gasteiger partial charge in [0.25, 0.3) is 11.5 Å². The van der Waals surface area contributed by atoms with Gasteiger partial charge < -0.3 is 10.6 Å². The molecule has 4 rings (SSSR count). The Kier molecular flexibility index (Phi) is 4.08. The van der Waals surface area contributed by atoms with E-state index in [1.54, 1.807) is 6.92 Å². The van der Waals surface area contributed by atoms with E-state index in [0.29, 0.717) is 29.7 Å². The highest BCUT2D eigenvalue weighted by molar-refractivity contribution is 7.10. The van der Waals surface area contributed by atoms with Crippen LogP contribution in [0.5, 0.6) is 0 Å². The Morgan fingerprint density at radius 1 is 1.42 bits per heavy atom. The molecule has 0 aliphatic carbocycles. The minimum Gasteiger partial charge on any atom is -0.347 e. The van der Waals surface area contributed by atoms with Gasteiger partial charge in [-0.2, -0.15) is 0 Å². The number of aromatic amines is 1. The first-order valence-electron chi connectivity index (χ1n) is 8.24. The van der Waals surface area contributed by atoms with Crippen LogP contribution in [0.3, 0.4) is 0 Å². The molecule has 26 heavy (non-hydrogen) atoms. The van der Waals surface area contributed by atoms with Gasteiger partial charge in [0.15, 0.2) is 5.65 Å². The SMILES string of the molecule is Cc1cc(=O)n2[nH]cc(C(=O)N[C@@H]3CCC(=O)N[C@H]3c3cccs3)c2n1. The lowest BCUT2D eigenvalue weighted by atomic mass is 9.96. The number of piperidine rings is 1. The summed E-state index contributed by atoms with van der Waals surface area (Å²) in [5.41, 5.74) is 0.866. The van der Waals surface area contributed by atoms with Crippen molar-refractivity contribution >= 4 is 28.8 Å². The second kappa shape index (κ2) is 6.41. The molecule has 9 heteroatoms. The van der Waals surface area contributed by atoms with Crippen molar-refractivity contribution in [1.29, 1.82) is 0 Å². The molecule has 0 radical (unpaired) electrons. The number of amides is 2. The number of thiophene rings is 1. The number of carbonyl (C=O) groups is 2. The first-order valence-corrected chi connectivity index (χ1v) is 9.12. The number of hydrogen-bond donors (Lipinski definition) is 3. The van der Waals surface area contributed by atoms with Crippen LogP contribution in [0.15, 0.2) is 34.6 Å². The summed E-state index contributed by atoms with van der Waals surface area (Å²) in [7, 11) is 0. The van der Waals surface area contributed by atoms with Crippen LogP contribution in [0.1, 0.15) is 39.8 Å². The highest BCUT2D eigenvalue weighted by Gasteiger charge is 2.32. The largest absolute Gasteiger partial charge is 0.347 e. The van der Waals surface area contributed by atoms with E-state index in [2.05, 4.69) is 20.7 Å². The van der Waals surface area contributed by atoms with E-state index in [4.69, 9.17) is 0 Å². The Balaban J connectivity index is 1.63. The van der Waals surface area contributed by atoms with Crippen molar-refractivity contribution in [3.05, 3.63) is 56.3 Å². The average Bonchev–Trinajstić information content (AvgIpc) is 3.25. The number of nitrogens with one attached hydrogen (secondary N) is 3. The number of fused-ring (bicyclic) bond motifs is 1. The normalized spacial score (nSPS) is 20.1. The zero-order valence-electron chi connectivity index (χ0n) is 14.0.